The van der Waals surface area contributed by atoms with Crippen LogP contribution in [0.5, 0.6) is 0 Å². The van der Waals surface area contributed by atoms with Gasteiger partial charge < -0.3 is 14.6 Å². The van der Waals surface area contributed by atoms with Gasteiger partial charge in [-0.05, 0) is 69.8 Å². The summed E-state index contributed by atoms with van der Waals surface area (Å²) in [6.45, 7) is 12.3. The van der Waals surface area contributed by atoms with Crippen molar-refractivity contribution in [2.75, 3.05) is 0 Å². The molecular formula is C25H34O4. The van der Waals surface area contributed by atoms with E-state index in [9.17, 15) is 9.90 Å². The van der Waals surface area contributed by atoms with Crippen molar-refractivity contribution in [2.24, 2.45) is 17.3 Å². The standard InChI is InChI=1S/C25H34O4/c1-6-7-16-12-25(14-19(26)22(4,5)29-25)21-17(20(16)27)8-9-24(28-21)11-10-23(15(2)3)13-18(23)24/h6,12,15,18-19,26H,1,7-11,13-14H2,2-5H3/t18-,19+,23+,24-,25+/m1/s1. The van der Waals surface area contributed by atoms with Crippen LogP contribution < -0.4 is 0 Å². The molecule has 4 nitrogen and oxygen atoms in total. The molecule has 3 fully saturated rings. The lowest BCUT2D eigenvalue weighted by Crippen LogP contribution is -2.47. The van der Waals surface area contributed by atoms with Crippen molar-refractivity contribution in [1.82, 2.24) is 0 Å². The van der Waals surface area contributed by atoms with E-state index in [0.717, 1.165) is 30.4 Å². The molecule has 1 N–H and O–H groups in total. The Morgan fingerprint density at radius 1 is 1.28 bits per heavy atom. The Labute approximate surface area is 174 Å². The molecule has 0 radical (unpaired) electrons. The summed E-state index contributed by atoms with van der Waals surface area (Å²) >= 11 is 0. The van der Waals surface area contributed by atoms with Gasteiger partial charge in [0.2, 0.25) is 0 Å². The van der Waals surface area contributed by atoms with Crippen LogP contribution >= 0.6 is 0 Å². The molecule has 3 aliphatic carbocycles. The topological polar surface area (TPSA) is 55.8 Å². The van der Waals surface area contributed by atoms with Gasteiger partial charge in [0.15, 0.2) is 5.78 Å². The van der Waals surface area contributed by atoms with E-state index in [0.29, 0.717) is 35.9 Å². The molecule has 2 aliphatic heterocycles. The van der Waals surface area contributed by atoms with E-state index in [4.69, 9.17) is 9.47 Å². The van der Waals surface area contributed by atoms with Crippen molar-refractivity contribution in [3.05, 3.63) is 35.6 Å². The quantitative estimate of drug-likeness (QED) is 0.704. The second-order valence-corrected chi connectivity index (χ2v) is 10.9. The monoisotopic (exact) mass is 398 g/mol. The average molecular weight is 399 g/mol. The Hall–Kier alpha value is -1.39. The number of hydrogen-bond acceptors (Lipinski definition) is 4. The van der Waals surface area contributed by atoms with E-state index < -0.39 is 17.3 Å². The largest absolute Gasteiger partial charge is 0.487 e. The van der Waals surface area contributed by atoms with Gasteiger partial charge in [-0.25, -0.2) is 0 Å². The summed E-state index contributed by atoms with van der Waals surface area (Å²) in [6, 6.07) is 0. The summed E-state index contributed by atoms with van der Waals surface area (Å²) in [6.07, 6.45) is 9.22. The van der Waals surface area contributed by atoms with Crippen LogP contribution in [0.2, 0.25) is 0 Å². The first-order chi connectivity index (χ1) is 13.6. The summed E-state index contributed by atoms with van der Waals surface area (Å²) in [5.74, 6) is 2.02. The molecular weight excluding hydrogens is 364 g/mol. The Bertz CT molecular complexity index is 849. The Morgan fingerprint density at radius 2 is 2.03 bits per heavy atom. The predicted octanol–water partition coefficient (Wildman–Crippen LogP) is 4.63. The molecule has 2 heterocycles. The molecule has 2 saturated carbocycles. The highest BCUT2D eigenvalue weighted by Gasteiger charge is 2.72. The lowest BCUT2D eigenvalue weighted by atomic mass is 9.76. The maximum absolute atomic E-state index is 13.2. The van der Waals surface area contributed by atoms with Crippen molar-refractivity contribution < 1.29 is 19.4 Å². The first-order valence-electron chi connectivity index (χ1n) is 11.3. The van der Waals surface area contributed by atoms with Crippen LogP contribution in [0.15, 0.2) is 35.6 Å². The third-order valence-electron chi connectivity index (χ3n) is 8.76. The molecule has 2 spiro atoms. The van der Waals surface area contributed by atoms with Crippen LogP contribution in [-0.2, 0) is 14.3 Å². The zero-order valence-electron chi connectivity index (χ0n) is 18.2. The van der Waals surface area contributed by atoms with E-state index in [1.807, 2.05) is 19.9 Å². The maximum Gasteiger partial charge on any atom is 0.188 e. The molecule has 0 bridgehead atoms. The van der Waals surface area contributed by atoms with Crippen molar-refractivity contribution >= 4 is 5.78 Å². The molecule has 4 heteroatoms. The molecule has 0 unspecified atom stereocenters. The van der Waals surface area contributed by atoms with Crippen LogP contribution in [0.4, 0.5) is 0 Å². The third kappa shape index (κ3) is 2.48. The van der Waals surface area contributed by atoms with Gasteiger partial charge in [0.25, 0.3) is 0 Å². The Kier molecular flexibility index (Phi) is 3.95. The number of aliphatic hydroxyl groups excluding tert-OH is 1. The van der Waals surface area contributed by atoms with E-state index >= 15 is 0 Å². The van der Waals surface area contributed by atoms with Gasteiger partial charge in [0.1, 0.15) is 17.0 Å². The van der Waals surface area contributed by atoms with Gasteiger partial charge in [-0.2, -0.15) is 0 Å². The van der Waals surface area contributed by atoms with Crippen molar-refractivity contribution in [2.45, 2.75) is 95.5 Å². The van der Waals surface area contributed by atoms with Gasteiger partial charge in [0.05, 0.1) is 11.7 Å². The average Bonchev–Trinajstić information content (AvgIpc) is 3.28. The van der Waals surface area contributed by atoms with Crippen molar-refractivity contribution in [1.29, 1.82) is 0 Å². The zero-order valence-corrected chi connectivity index (χ0v) is 18.2. The van der Waals surface area contributed by atoms with Gasteiger partial charge in [0, 0.05) is 23.5 Å². The highest BCUT2D eigenvalue weighted by atomic mass is 16.6. The van der Waals surface area contributed by atoms with Gasteiger partial charge in [-0.1, -0.05) is 19.9 Å². The van der Waals surface area contributed by atoms with Crippen LogP contribution in [0.1, 0.15) is 72.6 Å². The molecule has 1 saturated heterocycles. The minimum Gasteiger partial charge on any atom is -0.487 e. The molecule has 29 heavy (non-hydrogen) atoms. The lowest BCUT2D eigenvalue weighted by molar-refractivity contribution is -0.130. The van der Waals surface area contributed by atoms with Gasteiger partial charge >= 0.3 is 0 Å². The molecule has 0 amide bonds. The van der Waals surface area contributed by atoms with Crippen molar-refractivity contribution in [3.63, 3.8) is 0 Å². The normalized spacial score (nSPS) is 44.8. The van der Waals surface area contributed by atoms with E-state index in [1.54, 1.807) is 6.08 Å². The number of allylic oxidation sites excluding steroid dienone is 3. The molecule has 0 aromatic rings. The molecule has 158 valence electrons. The first kappa shape index (κ1) is 19.6. The fraction of sp³-hybridized carbons (Fsp3) is 0.720. The number of carbonyl (C=O) groups excluding carboxylic acids is 1. The smallest absolute Gasteiger partial charge is 0.188 e. The zero-order chi connectivity index (χ0) is 20.8. The minimum absolute atomic E-state index is 0.0760. The first-order valence-corrected chi connectivity index (χ1v) is 11.3. The van der Waals surface area contributed by atoms with Crippen LogP contribution in [0.25, 0.3) is 0 Å². The lowest BCUT2D eigenvalue weighted by Gasteiger charge is -2.45. The minimum atomic E-state index is -0.837. The highest BCUT2D eigenvalue weighted by Crippen LogP contribution is 2.74. The van der Waals surface area contributed by atoms with Gasteiger partial charge in [-0.15, -0.1) is 6.58 Å². The second kappa shape index (κ2) is 5.85. The van der Waals surface area contributed by atoms with E-state index in [1.165, 1.54) is 12.8 Å². The van der Waals surface area contributed by atoms with Crippen LogP contribution in [0, 0.1) is 17.3 Å². The number of ketones is 1. The fourth-order valence-electron chi connectivity index (χ4n) is 6.85. The fourth-order valence-corrected chi connectivity index (χ4v) is 6.85. The number of aliphatic hydroxyl groups is 1. The van der Waals surface area contributed by atoms with Gasteiger partial charge in [-0.3, -0.25) is 4.79 Å². The molecule has 5 atom stereocenters. The van der Waals surface area contributed by atoms with Crippen LogP contribution in [0.3, 0.4) is 0 Å². The summed E-state index contributed by atoms with van der Waals surface area (Å²) in [4.78, 5) is 13.2. The van der Waals surface area contributed by atoms with E-state index in [2.05, 4.69) is 20.4 Å². The van der Waals surface area contributed by atoms with Crippen molar-refractivity contribution in [3.8, 4) is 0 Å². The number of hydrogen-bond donors (Lipinski definition) is 1. The summed E-state index contributed by atoms with van der Waals surface area (Å²) < 4.78 is 13.4. The van der Waals surface area contributed by atoms with Crippen LogP contribution in [-0.4, -0.2) is 33.8 Å². The predicted molar refractivity (Wildman–Crippen MR) is 111 cm³/mol. The number of rotatable bonds is 3. The molecule has 5 aliphatic rings. The summed E-state index contributed by atoms with van der Waals surface area (Å²) in [5.41, 5.74) is 0.222. The Balaban J connectivity index is 1.56. The number of fused-ring (bicyclic) bond motifs is 3. The van der Waals surface area contributed by atoms with E-state index in [-0.39, 0.29) is 11.4 Å². The second-order valence-electron chi connectivity index (χ2n) is 10.9. The maximum atomic E-state index is 13.2. The highest BCUT2D eigenvalue weighted by molar-refractivity contribution is 6.10. The SMILES string of the molecule is C=CCC1=C[C@]2(C[C@H](O)C(C)(C)O2)C2=C(CC[C@]3(CC[C@@]4(C(C)C)C[C@@H]34)O2)C1=O. The number of carbonyl (C=O) groups is 1. The molecule has 0 aromatic heterocycles. The third-order valence-corrected chi connectivity index (χ3v) is 8.76. The summed E-state index contributed by atoms with van der Waals surface area (Å²) in [5, 5.41) is 10.7. The molecule has 5 rings (SSSR count). The summed E-state index contributed by atoms with van der Waals surface area (Å²) in [7, 11) is 0. The molecule has 0 aromatic carbocycles. The number of Topliss-reactive ketones (excluding diaryl/α,β-unsaturated/α-hetero) is 1. The Morgan fingerprint density at radius 3 is 2.59 bits per heavy atom. The number of ether oxygens (including phenoxy) is 2.